The normalized spacial score (nSPS) is 9.50. The van der Waals surface area contributed by atoms with Gasteiger partial charge in [-0.2, -0.15) is 10.4 Å². The highest BCUT2D eigenvalue weighted by molar-refractivity contribution is 5.24. The van der Waals surface area contributed by atoms with Crippen LogP contribution in [0.4, 0.5) is 0 Å². The van der Waals surface area contributed by atoms with Crippen LogP contribution in [0.15, 0.2) is 0 Å². The second-order valence-electron chi connectivity index (χ2n) is 2.74. The summed E-state index contributed by atoms with van der Waals surface area (Å²) in [7, 11) is 1.90. The Kier molecular flexibility index (Phi) is 2.34. The molecule has 1 rings (SSSR count). The van der Waals surface area contributed by atoms with E-state index in [1.54, 1.807) is 0 Å². The number of hydrogen-bond donors (Lipinski definition) is 1. The zero-order chi connectivity index (χ0) is 9.14. The summed E-state index contributed by atoms with van der Waals surface area (Å²) in [5, 5.41) is 15.2. The molecule has 1 aromatic heterocycles. The van der Waals surface area contributed by atoms with Crippen molar-refractivity contribution in [2.75, 3.05) is 0 Å². The molecule has 0 amide bonds. The molecule has 1 N–H and O–H groups in total. The number of aromatic nitrogens is 2. The molecule has 0 aliphatic carbocycles. The van der Waals surface area contributed by atoms with Crippen LogP contribution in [-0.2, 0) is 13.6 Å². The van der Waals surface area contributed by atoms with Crippen LogP contribution in [0.2, 0.25) is 0 Å². The van der Waals surface area contributed by atoms with Crippen molar-refractivity contribution in [3.63, 3.8) is 0 Å². The van der Waals surface area contributed by atoms with Crippen LogP contribution >= 0.6 is 0 Å². The van der Waals surface area contributed by atoms with E-state index < -0.39 is 0 Å². The topological polar surface area (TPSA) is 53.6 Å². The Hall–Kier alpha value is -1.50. The van der Waals surface area contributed by atoms with Crippen LogP contribution in [-0.4, -0.2) is 9.78 Å². The molecule has 4 heteroatoms. The largest absolute Gasteiger partial charge is 0.319 e. The van der Waals surface area contributed by atoms with Crippen molar-refractivity contribution in [3.05, 3.63) is 17.0 Å². The zero-order valence-corrected chi connectivity index (χ0v) is 7.55. The minimum atomic E-state index is 0.571. The van der Waals surface area contributed by atoms with E-state index in [0.29, 0.717) is 6.54 Å². The predicted molar refractivity (Wildman–Crippen MR) is 45.1 cm³/mol. The van der Waals surface area contributed by atoms with Crippen LogP contribution in [0.25, 0.3) is 0 Å². The molecule has 0 aliphatic rings. The fraction of sp³-hybridized carbons (Fsp3) is 0.500. The molecule has 0 aliphatic heterocycles. The first-order chi connectivity index (χ1) is 5.66. The summed E-state index contributed by atoms with van der Waals surface area (Å²) >= 11 is 0. The Bertz CT molecular complexity index is 319. The zero-order valence-electron chi connectivity index (χ0n) is 7.55. The highest BCUT2D eigenvalue weighted by atomic mass is 15.3. The lowest BCUT2D eigenvalue weighted by molar-refractivity contribution is 0.729. The van der Waals surface area contributed by atoms with Gasteiger partial charge in [0.2, 0.25) is 0 Å². The van der Waals surface area contributed by atoms with Crippen molar-refractivity contribution in [3.8, 4) is 6.19 Å². The van der Waals surface area contributed by atoms with E-state index in [0.717, 1.165) is 17.0 Å². The Labute approximate surface area is 71.8 Å². The van der Waals surface area contributed by atoms with Gasteiger partial charge in [0.05, 0.1) is 12.2 Å². The summed E-state index contributed by atoms with van der Waals surface area (Å²) in [5.74, 6) is 0. The van der Waals surface area contributed by atoms with E-state index >= 15 is 0 Å². The van der Waals surface area contributed by atoms with E-state index in [2.05, 4.69) is 10.4 Å². The van der Waals surface area contributed by atoms with E-state index in [1.165, 1.54) is 0 Å². The van der Waals surface area contributed by atoms with Gasteiger partial charge in [0.1, 0.15) is 0 Å². The highest BCUT2D eigenvalue weighted by Gasteiger charge is 2.07. The maximum atomic E-state index is 8.33. The van der Waals surface area contributed by atoms with Gasteiger partial charge < -0.3 is 5.32 Å². The summed E-state index contributed by atoms with van der Waals surface area (Å²) < 4.78 is 1.82. The summed E-state index contributed by atoms with van der Waals surface area (Å²) in [6, 6.07) is 0. The fourth-order valence-corrected chi connectivity index (χ4v) is 1.20. The van der Waals surface area contributed by atoms with Gasteiger partial charge in [0.25, 0.3) is 0 Å². The van der Waals surface area contributed by atoms with E-state index in [9.17, 15) is 0 Å². The predicted octanol–water partition coefficient (Wildman–Crippen LogP) is 0.608. The third kappa shape index (κ3) is 1.40. The lowest BCUT2D eigenvalue weighted by Gasteiger charge is -1.98. The molecule has 0 aromatic carbocycles. The second-order valence-corrected chi connectivity index (χ2v) is 2.74. The molecule has 0 radical (unpaired) electrons. The molecular formula is C8H12N4. The molecule has 0 saturated carbocycles. The van der Waals surface area contributed by atoms with Gasteiger partial charge in [-0.25, -0.2) is 0 Å². The molecular weight excluding hydrogens is 152 g/mol. The first kappa shape index (κ1) is 8.60. The van der Waals surface area contributed by atoms with Crippen molar-refractivity contribution >= 4 is 0 Å². The molecule has 0 unspecified atom stereocenters. The van der Waals surface area contributed by atoms with Crippen molar-refractivity contribution in [2.45, 2.75) is 20.4 Å². The van der Waals surface area contributed by atoms with Gasteiger partial charge in [0, 0.05) is 18.3 Å². The maximum Gasteiger partial charge on any atom is 0.176 e. The number of hydrogen-bond acceptors (Lipinski definition) is 3. The molecule has 0 atom stereocenters. The minimum Gasteiger partial charge on any atom is -0.319 e. The molecule has 12 heavy (non-hydrogen) atoms. The van der Waals surface area contributed by atoms with Crippen molar-refractivity contribution in [1.82, 2.24) is 15.1 Å². The smallest absolute Gasteiger partial charge is 0.176 e. The van der Waals surface area contributed by atoms with E-state index in [-0.39, 0.29) is 0 Å². The van der Waals surface area contributed by atoms with Gasteiger partial charge in [-0.05, 0) is 13.8 Å². The van der Waals surface area contributed by atoms with Gasteiger partial charge in [0.15, 0.2) is 6.19 Å². The third-order valence-corrected chi connectivity index (χ3v) is 2.00. The highest BCUT2D eigenvalue weighted by Crippen LogP contribution is 2.10. The Morgan fingerprint density at radius 1 is 1.58 bits per heavy atom. The molecule has 0 fully saturated rings. The lowest BCUT2D eigenvalue weighted by Crippen LogP contribution is -2.06. The summed E-state index contributed by atoms with van der Waals surface area (Å²) in [6.07, 6.45) is 1.89. The SMILES string of the molecule is Cc1nn(C)c(C)c1CNC#N. The third-order valence-electron chi connectivity index (χ3n) is 2.00. The average Bonchev–Trinajstić information content (AvgIpc) is 2.25. The molecule has 0 spiro atoms. The van der Waals surface area contributed by atoms with Gasteiger partial charge >= 0.3 is 0 Å². The Morgan fingerprint density at radius 2 is 2.25 bits per heavy atom. The molecule has 0 bridgehead atoms. The first-order valence-electron chi connectivity index (χ1n) is 3.78. The van der Waals surface area contributed by atoms with Crippen LogP contribution in [0, 0.1) is 25.3 Å². The van der Waals surface area contributed by atoms with E-state index in [4.69, 9.17) is 5.26 Å². The van der Waals surface area contributed by atoms with Crippen molar-refractivity contribution in [2.24, 2.45) is 7.05 Å². The standard InChI is InChI=1S/C8H12N4/c1-6-8(4-10-5-9)7(2)12(3)11-6/h10H,4H2,1-3H3. The molecule has 1 aromatic rings. The number of nitriles is 1. The lowest BCUT2D eigenvalue weighted by atomic mass is 10.2. The number of nitrogens with one attached hydrogen (secondary N) is 1. The minimum absolute atomic E-state index is 0.571. The maximum absolute atomic E-state index is 8.33. The summed E-state index contributed by atoms with van der Waals surface area (Å²) in [4.78, 5) is 0. The number of aryl methyl sites for hydroxylation is 2. The molecule has 0 saturated heterocycles. The van der Waals surface area contributed by atoms with Crippen LogP contribution < -0.4 is 5.32 Å². The first-order valence-corrected chi connectivity index (χ1v) is 3.78. The Morgan fingerprint density at radius 3 is 2.67 bits per heavy atom. The number of rotatable bonds is 2. The van der Waals surface area contributed by atoms with Crippen molar-refractivity contribution in [1.29, 1.82) is 5.26 Å². The van der Waals surface area contributed by atoms with Gasteiger partial charge in [-0.1, -0.05) is 0 Å². The quantitative estimate of drug-likeness (QED) is 0.514. The van der Waals surface area contributed by atoms with Crippen LogP contribution in [0.1, 0.15) is 17.0 Å². The Balaban J connectivity index is 2.91. The molecule has 4 nitrogen and oxygen atoms in total. The average molecular weight is 164 g/mol. The van der Waals surface area contributed by atoms with E-state index in [1.807, 2.05) is 31.8 Å². The fourth-order valence-electron chi connectivity index (χ4n) is 1.20. The summed E-state index contributed by atoms with van der Waals surface area (Å²) in [6.45, 7) is 4.51. The molecule has 1 heterocycles. The van der Waals surface area contributed by atoms with Crippen LogP contribution in [0.3, 0.4) is 0 Å². The second kappa shape index (κ2) is 3.26. The number of nitrogens with zero attached hydrogens (tertiary/aromatic N) is 3. The van der Waals surface area contributed by atoms with Crippen LogP contribution in [0.5, 0.6) is 0 Å². The summed E-state index contributed by atoms with van der Waals surface area (Å²) in [5.41, 5.74) is 3.20. The van der Waals surface area contributed by atoms with Crippen molar-refractivity contribution < 1.29 is 0 Å². The molecule has 64 valence electrons. The van der Waals surface area contributed by atoms with Gasteiger partial charge in [-0.15, -0.1) is 0 Å². The monoisotopic (exact) mass is 164 g/mol. The van der Waals surface area contributed by atoms with Gasteiger partial charge in [-0.3, -0.25) is 4.68 Å².